The van der Waals surface area contributed by atoms with Crippen molar-refractivity contribution < 1.29 is 4.79 Å². The fraction of sp³-hybridized carbons (Fsp3) is 0.500. The van der Waals surface area contributed by atoms with E-state index < -0.39 is 0 Å². The summed E-state index contributed by atoms with van der Waals surface area (Å²) in [5.41, 5.74) is 0. The molecule has 1 aliphatic rings. The van der Waals surface area contributed by atoms with Crippen LogP contribution in [0.5, 0.6) is 0 Å². The topological polar surface area (TPSA) is 69.8 Å². The number of hydrogen-bond acceptors (Lipinski definition) is 3. The zero-order chi connectivity index (χ0) is 9.10. The van der Waals surface area contributed by atoms with E-state index in [9.17, 15) is 4.79 Å². The smallest absolute Gasteiger partial charge is 0.240 e. The van der Waals surface area contributed by atoms with Crippen molar-refractivity contribution in [2.75, 3.05) is 11.9 Å². The van der Waals surface area contributed by atoms with Gasteiger partial charge < -0.3 is 10.3 Å². The lowest BCUT2D eigenvalue weighted by molar-refractivity contribution is -0.115. The molecule has 0 saturated heterocycles. The van der Waals surface area contributed by atoms with E-state index in [1.165, 1.54) is 12.8 Å². The predicted molar refractivity (Wildman–Crippen MR) is 48.2 cm³/mol. The Morgan fingerprint density at radius 2 is 2.54 bits per heavy atom. The van der Waals surface area contributed by atoms with Crippen molar-refractivity contribution in [1.82, 2.24) is 15.3 Å². The number of anilines is 1. The van der Waals surface area contributed by atoms with Crippen LogP contribution in [0.2, 0.25) is 0 Å². The van der Waals surface area contributed by atoms with Crippen molar-refractivity contribution in [2.45, 2.75) is 18.9 Å². The van der Waals surface area contributed by atoms with Crippen molar-refractivity contribution in [3.63, 3.8) is 0 Å². The Bertz CT molecular complexity index is 278. The van der Waals surface area contributed by atoms with E-state index in [0.717, 1.165) is 0 Å². The minimum Gasteiger partial charge on any atom is -0.331 e. The first kappa shape index (κ1) is 8.25. The van der Waals surface area contributed by atoms with Gasteiger partial charge in [0.25, 0.3) is 0 Å². The lowest BCUT2D eigenvalue weighted by Crippen LogP contribution is -2.29. The lowest BCUT2D eigenvalue weighted by Gasteiger charge is -2.02. The fourth-order valence-electron chi connectivity index (χ4n) is 1.03. The van der Waals surface area contributed by atoms with Crippen molar-refractivity contribution in [1.29, 1.82) is 0 Å². The standard InChI is InChI=1S/C8H12N4O/c13-7(5-11-6-1-2-6)12-8-9-3-4-10-8/h3-4,6,11H,1-2,5H2,(H2,9,10,12,13). The van der Waals surface area contributed by atoms with E-state index in [0.29, 0.717) is 18.5 Å². The Morgan fingerprint density at radius 3 is 3.15 bits per heavy atom. The van der Waals surface area contributed by atoms with Gasteiger partial charge in [-0.15, -0.1) is 0 Å². The molecule has 1 aromatic rings. The second kappa shape index (κ2) is 3.57. The molecule has 0 bridgehead atoms. The van der Waals surface area contributed by atoms with E-state index in [1.807, 2.05) is 0 Å². The maximum Gasteiger partial charge on any atom is 0.240 e. The molecule has 0 unspecified atom stereocenters. The van der Waals surface area contributed by atoms with E-state index in [1.54, 1.807) is 12.4 Å². The quantitative estimate of drug-likeness (QED) is 0.615. The molecule has 1 saturated carbocycles. The highest BCUT2D eigenvalue weighted by atomic mass is 16.2. The van der Waals surface area contributed by atoms with Gasteiger partial charge in [-0.05, 0) is 12.8 Å². The van der Waals surface area contributed by atoms with Crippen LogP contribution in [0.25, 0.3) is 0 Å². The molecule has 0 atom stereocenters. The van der Waals surface area contributed by atoms with Gasteiger partial charge in [-0.25, -0.2) is 4.98 Å². The van der Waals surface area contributed by atoms with Gasteiger partial charge in [-0.2, -0.15) is 0 Å². The van der Waals surface area contributed by atoms with Crippen molar-refractivity contribution in [2.24, 2.45) is 0 Å². The van der Waals surface area contributed by atoms with Gasteiger partial charge in [-0.1, -0.05) is 0 Å². The molecule has 3 N–H and O–H groups in total. The van der Waals surface area contributed by atoms with Gasteiger partial charge in [0.15, 0.2) is 0 Å². The molecule has 5 heteroatoms. The maximum absolute atomic E-state index is 11.2. The number of H-pyrrole nitrogens is 1. The number of rotatable bonds is 4. The summed E-state index contributed by atoms with van der Waals surface area (Å²) in [5, 5.41) is 5.75. The highest BCUT2D eigenvalue weighted by molar-refractivity contribution is 5.90. The van der Waals surface area contributed by atoms with Crippen LogP contribution in [-0.2, 0) is 4.79 Å². The number of carbonyl (C=O) groups excluding carboxylic acids is 1. The zero-order valence-electron chi connectivity index (χ0n) is 7.21. The van der Waals surface area contributed by atoms with Crippen LogP contribution < -0.4 is 10.6 Å². The summed E-state index contributed by atoms with van der Waals surface area (Å²) in [6.45, 7) is 0.366. The van der Waals surface area contributed by atoms with Crippen LogP contribution in [0.15, 0.2) is 12.4 Å². The van der Waals surface area contributed by atoms with Gasteiger partial charge in [0, 0.05) is 18.4 Å². The molecule has 0 spiro atoms. The van der Waals surface area contributed by atoms with Crippen molar-refractivity contribution in [3.05, 3.63) is 12.4 Å². The van der Waals surface area contributed by atoms with Gasteiger partial charge in [0.05, 0.1) is 6.54 Å². The first-order valence-corrected chi connectivity index (χ1v) is 4.37. The van der Waals surface area contributed by atoms with Gasteiger partial charge >= 0.3 is 0 Å². The first-order valence-electron chi connectivity index (χ1n) is 4.37. The third-order valence-electron chi connectivity index (χ3n) is 1.88. The van der Waals surface area contributed by atoms with E-state index in [2.05, 4.69) is 20.6 Å². The Kier molecular flexibility index (Phi) is 2.27. The minimum atomic E-state index is -0.0538. The monoisotopic (exact) mass is 180 g/mol. The summed E-state index contributed by atoms with van der Waals surface area (Å²) in [6, 6.07) is 0.558. The van der Waals surface area contributed by atoms with E-state index in [-0.39, 0.29) is 5.91 Å². The highest BCUT2D eigenvalue weighted by Crippen LogP contribution is 2.17. The Morgan fingerprint density at radius 1 is 1.69 bits per heavy atom. The molecule has 1 heterocycles. The number of nitrogens with one attached hydrogen (secondary N) is 3. The van der Waals surface area contributed by atoms with E-state index >= 15 is 0 Å². The second-order valence-corrected chi connectivity index (χ2v) is 3.14. The largest absolute Gasteiger partial charge is 0.331 e. The molecule has 1 aliphatic carbocycles. The molecule has 0 aromatic carbocycles. The number of amides is 1. The van der Waals surface area contributed by atoms with Crippen LogP contribution in [0.3, 0.4) is 0 Å². The van der Waals surface area contributed by atoms with Crippen LogP contribution in [0.1, 0.15) is 12.8 Å². The SMILES string of the molecule is O=C(CNC1CC1)Nc1ncc[nH]1. The number of aromatic nitrogens is 2. The molecule has 1 fully saturated rings. The van der Waals surface area contributed by atoms with E-state index in [4.69, 9.17) is 0 Å². The summed E-state index contributed by atoms with van der Waals surface area (Å²) >= 11 is 0. The van der Waals surface area contributed by atoms with Crippen LogP contribution in [0, 0.1) is 0 Å². The molecule has 13 heavy (non-hydrogen) atoms. The second-order valence-electron chi connectivity index (χ2n) is 3.14. The summed E-state index contributed by atoms with van der Waals surface area (Å²) in [4.78, 5) is 17.9. The van der Waals surface area contributed by atoms with Crippen molar-refractivity contribution in [3.8, 4) is 0 Å². The summed E-state index contributed by atoms with van der Waals surface area (Å²) in [5.74, 6) is 0.449. The average molecular weight is 180 g/mol. The number of carbonyl (C=O) groups is 1. The molecular weight excluding hydrogens is 168 g/mol. The van der Waals surface area contributed by atoms with Gasteiger partial charge in [-0.3, -0.25) is 10.1 Å². The van der Waals surface area contributed by atoms with Gasteiger partial charge in [0.1, 0.15) is 0 Å². The zero-order valence-corrected chi connectivity index (χ0v) is 7.21. The molecule has 0 aliphatic heterocycles. The third kappa shape index (κ3) is 2.55. The average Bonchev–Trinajstić information content (AvgIpc) is 2.82. The lowest BCUT2D eigenvalue weighted by atomic mass is 10.5. The minimum absolute atomic E-state index is 0.0538. The normalized spacial score (nSPS) is 15.7. The summed E-state index contributed by atoms with van der Waals surface area (Å²) < 4.78 is 0. The van der Waals surface area contributed by atoms with Crippen LogP contribution in [-0.4, -0.2) is 28.5 Å². The molecule has 1 aromatic heterocycles. The predicted octanol–water partition coefficient (Wildman–Crippen LogP) is 0.100. The maximum atomic E-state index is 11.2. The van der Waals surface area contributed by atoms with Gasteiger partial charge in [0.2, 0.25) is 11.9 Å². The number of nitrogens with zero attached hydrogens (tertiary/aromatic N) is 1. The van der Waals surface area contributed by atoms with Crippen molar-refractivity contribution >= 4 is 11.9 Å². The Hall–Kier alpha value is -1.36. The number of imidazole rings is 1. The molecule has 2 rings (SSSR count). The molecule has 0 radical (unpaired) electrons. The highest BCUT2D eigenvalue weighted by Gasteiger charge is 2.21. The Balaban J connectivity index is 1.71. The fourth-order valence-corrected chi connectivity index (χ4v) is 1.03. The number of aromatic amines is 1. The molecule has 70 valence electrons. The molecule has 1 amide bonds. The Labute approximate surface area is 75.9 Å². The molecule has 5 nitrogen and oxygen atoms in total. The summed E-state index contributed by atoms with van der Waals surface area (Å²) in [6.07, 6.45) is 5.65. The first-order chi connectivity index (χ1) is 6.34. The van der Waals surface area contributed by atoms with Crippen LogP contribution in [0.4, 0.5) is 5.95 Å². The summed E-state index contributed by atoms with van der Waals surface area (Å²) in [7, 11) is 0. The number of hydrogen-bond donors (Lipinski definition) is 3. The molecular formula is C8H12N4O. The third-order valence-corrected chi connectivity index (χ3v) is 1.88. The van der Waals surface area contributed by atoms with Crippen LogP contribution >= 0.6 is 0 Å².